The monoisotopic (exact) mass is 303 g/mol. The number of carbonyl (C=O) groups is 2. The maximum absolute atomic E-state index is 12.5. The molecule has 0 aromatic heterocycles. The molecule has 0 radical (unpaired) electrons. The van der Waals surface area contributed by atoms with Crippen LogP contribution >= 0.6 is 0 Å². The van der Waals surface area contributed by atoms with Gasteiger partial charge in [-0.1, -0.05) is 24.3 Å². The molecule has 1 aromatic carbocycles. The van der Waals surface area contributed by atoms with E-state index < -0.39 is 12.0 Å². The minimum absolute atomic E-state index is 0.0555. The maximum atomic E-state index is 12.5. The Labute approximate surface area is 129 Å². The first kappa shape index (κ1) is 15.0. The molecular formula is C17H21NO4. The van der Waals surface area contributed by atoms with Gasteiger partial charge < -0.3 is 14.7 Å². The standard InChI is InChI=1S/C17H21NO4/c19-16(18-7-8-22-11-15(18)17(20)21)10-12-5-6-13-3-1-2-4-14(13)9-12/h1-4,12,15H,5-11H2,(H,20,21)/t12-,15+/m1/s1. The van der Waals surface area contributed by atoms with E-state index in [0.717, 1.165) is 19.3 Å². The number of carbonyl (C=O) groups excluding carboxylic acids is 1. The Hall–Kier alpha value is -1.88. The van der Waals surface area contributed by atoms with Crippen molar-refractivity contribution in [2.45, 2.75) is 31.7 Å². The van der Waals surface area contributed by atoms with E-state index in [4.69, 9.17) is 4.74 Å². The van der Waals surface area contributed by atoms with E-state index in [2.05, 4.69) is 18.2 Å². The highest BCUT2D eigenvalue weighted by molar-refractivity contribution is 5.84. The van der Waals surface area contributed by atoms with Crippen LogP contribution in [0.1, 0.15) is 24.0 Å². The Balaban J connectivity index is 1.63. The van der Waals surface area contributed by atoms with Gasteiger partial charge in [-0.3, -0.25) is 4.79 Å². The van der Waals surface area contributed by atoms with Crippen LogP contribution in [0, 0.1) is 5.92 Å². The van der Waals surface area contributed by atoms with E-state index in [1.165, 1.54) is 16.0 Å². The Morgan fingerprint density at radius 1 is 1.27 bits per heavy atom. The smallest absolute Gasteiger partial charge is 0.328 e. The number of carboxylic acids is 1. The number of hydrogen-bond donors (Lipinski definition) is 1. The molecule has 1 aliphatic heterocycles. The van der Waals surface area contributed by atoms with Gasteiger partial charge in [0.1, 0.15) is 0 Å². The first-order chi connectivity index (χ1) is 10.6. The van der Waals surface area contributed by atoms with E-state index in [1.54, 1.807) is 0 Å². The van der Waals surface area contributed by atoms with Crippen LogP contribution in [0.25, 0.3) is 0 Å². The Kier molecular flexibility index (Phi) is 4.43. The second-order valence-electron chi connectivity index (χ2n) is 6.10. The van der Waals surface area contributed by atoms with Gasteiger partial charge in [0.05, 0.1) is 13.2 Å². The average molecular weight is 303 g/mol. The number of rotatable bonds is 3. The number of morpholine rings is 1. The highest BCUT2D eigenvalue weighted by atomic mass is 16.5. The second kappa shape index (κ2) is 6.48. The van der Waals surface area contributed by atoms with Crippen molar-refractivity contribution in [3.05, 3.63) is 35.4 Å². The number of benzene rings is 1. The van der Waals surface area contributed by atoms with Crippen LogP contribution in [0.15, 0.2) is 24.3 Å². The molecule has 1 N–H and O–H groups in total. The van der Waals surface area contributed by atoms with Crippen molar-refractivity contribution in [2.24, 2.45) is 5.92 Å². The fraction of sp³-hybridized carbons (Fsp3) is 0.529. The van der Waals surface area contributed by atoms with Crippen LogP contribution < -0.4 is 0 Å². The van der Waals surface area contributed by atoms with Crippen molar-refractivity contribution >= 4 is 11.9 Å². The van der Waals surface area contributed by atoms with E-state index >= 15 is 0 Å². The van der Waals surface area contributed by atoms with Crippen LogP contribution in [-0.4, -0.2) is 47.7 Å². The van der Waals surface area contributed by atoms with Crippen molar-refractivity contribution in [1.82, 2.24) is 4.90 Å². The number of aliphatic carboxylic acids is 1. The highest BCUT2D eigenvalue weighted by Crippen LogP contribution is 2.28. The molecule has 1 saturated heterocycles. The molecule has 1 amide bonds. The summed E-state index contributed by atoms with van der Waals surface area (Å²) in [5.41, 5.74) is 2.70. The summed E-state index contributed by atoms with van der Waals surface area (Å²) in [6.45, 7) is 0.886. The van der Waals surface area contributed by atoms with Crippen LogP contribution in [0.5, 0.6) is 0 Å². The van der Waals surface area contributed by atoms with Gasteiger partial charge in [0.2, 0.25) is 5.91 Å². The molecule has 2 atom stereocenters. The molecule has 2 aliphatic rings. The second-order valence-corrected chi connectivity index (χ2v) is 6.10. The predicted octanol–water partition coefficient (Wildman–Crippen LogP) is 1.49. The fourth-order valence-electron chi connectivity index (χ4n) is 3.42. The molecule has 0 unspecified atom stereocenters. The average Bonchev–Trinajstić information content (AvgIpc) is 2.54. The Morgan fingerprint density at radius 3 is 2.82 bits per heavy atom. The molecule has 22 heavy (non-hydrogen) atoms. The maximum Gasteiger partial charge on any atom is 0.328 e. The zero-order valence-electron chi connectivity index (χ0n) is 12.5. The number of hydrogen-bond acceptors (Lipinski definition) is 3. The van der Waals surface area contributed by atoms with Crippen molar-refractivity contribution < 1.29 is 19.4 Å². The first-order valence-electron chi connectivity index (χ1n) is 7.82. The first-order valence-corrected chi connectivity index (χ1v) is 7.82. The van der Waals surface area contributed by atoms with Crippen molar-refractivity contribution in [1.29, 1.82) is 0 Å². The summed E-state index contributed by atoms with van der Waals surface area (Å²) in [5, 5.41) is 9.22. The van der Waals surface area contributed by atoms with Gasteiger partial charge in [-0.05, 0) is 36.3 Å². The summed E-state index contributed by atoms with van der Waals surface area (Å²) in [6, 6.07) is 7.52. The lowest BCUT2D eigenvalue weighted by atomic mass is 9.82. The number of amides is 1. The molecule has 0 saturated carbocycles. The molecule has 3 rings (SSSR count). The highest BCUT2D eigenvalue weighted by Gasteiger charge is 2.34. The molecule has 118 valence electrons. The van der Waals surface area contributed by atoms with Gasteiger partial charge in [0, 0.05) is 13.0 Å². The number of aryl methyl sites for hydroxylation is 1. The summed E-state index contributed by atoms with van der Waals surface area (Å²) in [6.07, 6.45) is 3.33. The minimum atomic E-state index is -0.984. The summed E-state index contributed by atoms with van der Waals surface area (Å²) in [5.74, 6) is -0.734. The minimum Gasteiger partial charge on any atom is -0.480 e. The molecule has 0 bridgehead atoms. The molecular weight excluding hydrogens is 282 g/mol. The molecule has 1 heterocycles. The summed E-state index contributed by atoms with van der Waals surface area (Å²) in [7, 11) is 0. The van der Waals surface area contributed by atoms with Gasteiger partial charge >= 0.3 is 5.97 Å². The third kappa shape index (κ3) is 3.14. The zero-order valence-corrected chi connectivity index (χ0v) is 12.5. The Morgan fingerprint density at radius 2 is 2.05 bits per heavy atom. The summed E-state index contributed by atoms with van der Waals surface area (Å²) < 4.78 is 5.19. The zero-order chi connectivity index (χ0) is 15.5. The topological polar surface area (TPSA) is 66.8 Å². The van der Waals surface area contributed by atoms with Crippen LogP contribution in [0.4, 0.5) is 0 Å². The van der Waals surface area contributed by atoms with Crippen LogP contribution in [0.3, 0.4) is 0 Å². The van der Waals surface area contributed by atoms with Crippen LogP contribution in [0.2, 0.25) is 0 Å². The molecule has 0 spiro atoms. The largest absolute Gasteiger partial charge is 0.480 e. The summed E-state index contributed by atoms with van der Waals surface area (Å²) in [4.78, 5) is 25.2. The van der Waals surface area contributed by atoms with E-state index in [0.29, 0.717) is 25.5 Å². The van der Waals surface area contributed by atoms with E-state index in [-0.39, 0.29) is 12.5 Å². The SMILES string of the molecule is O=C(O)[C@@H]1COCCN1C(=O)C[C@@H]1CCc2ccccc2C1. The molecule has 1 aliphatic carbocycles. The molecule has 1 aromatic rings. The number of carboxylic acid groups (broad SMARTS) is 1. The lowest BCUT2D eigenvalue weighted by molar-refractivity contribution is -0.158. The van der Waals surface area contributed by atoms with Gasteiger partial charge in [-0.2, -0.15) is 0 Å². The molecule has 5 heteroatoms. The lowest BCUT2D eigenvalue weighted by Gasteiger charge is -2.34. The van der Waals surface area contributed by atoms with Gasteiger partial charge in [-0.25, -0.2) is 4.79 Å². The third-order valence-electron chi connectivity index (χ3n) is 4.65. The van der Waals surface area contributed by atoms with E-state index in [9.17, 15) is 14.7 Å². The Bertz CT molecular complexity index is 572. The lowest BCUT2D eigenvalue weighted by Crippen LogP contribution is -2.53. The fourth-order valence-corrected chi connectivity index (χ4v) is 3.42. The van der Waals surface area contributed by atoms with Gasteiger partial charge in [0.25, 0.3) is 0 Å². The van der Waals surface area contributed by atoms with Crippen LogP contribution in [-0.2, 0) is 27.2 Å². The quantitative estimate of drug-likeness (QED) is 0.919. The van der Waals surface area contributed by atoms with Crippen molar-refractivity contribution in [2.75, 3.05) is 19.8 Å². The summed E-state index contributed by atoms with van der Waals surface area (Å²) >= 11 is 0. The van der Waals surface area contributed by atoms with Gasteiger partial charge in [0.15, 0.2) is 6.04 Å². The molecule has 5 nitrogen and oxygen atoms in total. The number of fused-ring (bicyclic) bond motifs is 1. The van der Waals surface area contributed by atoms with E-state index in [1.807, 2.05) is 6.07 Å². The number of ether oxygens (including phenoxy) is 1. The third-order valence-corrected chi connectivity index (χ3v) is 4.65. The predicted molar refractivity (Wildman–Crippen MR) is 80.5 cm³/mol. The van der Waals surface area contributed by atoms with Gasteiger partial charge in [-0.15, -0.1) is 0 Å². The van der Waals surface area contributed by atoms with Crippen molar-refractivity contribution in [3.8, 4) is 0 Å². The molecule has 1 fully saturated rings. The normalized spacial score (nSPS) is 24.6. The van der Waals surface area contributed by atoms with Crippen molar-refractivity contribution in [3.63, 3.8) is 0 Å². The number of nitrogens with zero attached hydrogens (tertiary/aromatic N) is 1.